The van der Waals surface area contributed by atoms with Gasteiger partial charge in [-0.1, -0.05) is 22.0 Å². The van der Waals surface area contributed by atoms with Crippen molar-refractivity contribution in [2.24, 2.45) is 0 Å². The normalized spacial score (nSPS) is 10.1. The Morgan fingerprint density at radius 3 is 2.71 bits per heavy atom. The van der Waals surface area contributed by atoms with E-state index in [1.165, 1.54) is 5.56 Å². The third-order valence-electron chi connectivity index (χ3n) is 2.57. The largest absolute Gasteiger partial charge is 0.387 e. The van der Waals surface area contributed by atoms with E-state index < -0.39 is 0 Å². The standard InChI is InChI=1S/C13H14BrN3/c1-9-12(14)4-3-5-13(9)17-11-6-10(15-2)7-16-8-11/h3-8,15,17H,1-2H3. The van der Waals surface area contributed by atoms with Gasteiger partial charge in [-0.15, -0.1) is 0 Å². The molecule has 2 N–H and O–H groups in total. The van der Waals surface area contributed by atoms with Crippen LogP contribution in [0.2, 0.25) is 0 Å². The predicted octanol–water partition coefficient (Wildman–Crippen LogP) is 3.94. The number of pyridine rings is 1. The number of hydrogen-bond acceptors (Lipinski definition) is 3. The molecule has 0 bridgehead atoms. The summed E-state index contributed by atoms with van der Waals surface area (Å²) < 4.78 is 1.10. The Kier molecular flexibility index (Phi) is 3.64. The lowest BCUT2D eigenvalue weighted by Crippen LogP contribution is -1.96. The van der Waals surface area contributed by atoms with Crippen molar-refractivity contribution < 1.29 is 0 Å². The molecule has 0 spiro atoms. The minimum absolute atomic E-state index is 0.970. The summed E-state index contributed by atoms with van der Waals surface area (Å²) in [6, 6.07) is 8.11. The summed E-state index contributed by atoms with van der Waals surface area (Å²) in [6.07, 6.45) is 3.60. The highest BCUT2D eigenvalue weighted by Crippen LogP contribution is 2.26. The van der Waals surface area contributed by atoms with Gasteiger partial charge in [0.25, 0.3) is 0 Å². The van der Waals surface area contributed by atoms with Crippen molar-refractivity contribution in [3.05, 3.63) is 46.7 Å². The van der Waals surface area contributed by atoms with Crippen LogP contribution in [0.3, 0.4) is 0 Å². The molecule has 2 rings (SSSR count). The average molecular weight is 292 g/mol. The molecule has 0 aliphatic heterocycles. The molecule has 0 amide bonds. The zero-order chi connectivity index (χ0) is 12.3. The van der Waals surface area contributed by atoms with Crippen LogP contribution < -0.4 is 10.6 Å². The highest BCUT2D eigenvalue weighted by atomic mass is 79.9. The SMILES string of the molecule is CNc1cncc(Nc2cccc(Br)c2C)c1. The minimum Gasteiger partial charge on any atom is -0.387 e. The zero-order valence-corrected chi connectivity index (χ0v) is 11.4. The van der Waals surface area contributed by atoms with E-state index in [1.54, 1.807) is 12.4 Å². The number of anilines is 3. The van der Waals surface area contributed by atoms with Gasteiger partial charge in [-0.2, -0.15) is 0 Å². The summed E-state index contributed by atoms with van der Waals surface area (Å²) in [5, 5.41) is 6.42. The van der Waals surface area contributed by atoms with Crippen molar-refractivity contribution in [2.45, 2.75) is 6.92 Å². The maximum absolute atomic E-state index is 4.17. The van der Waals surface area contributed by atoms with Crippen LogP contribution in [0, 0.1) is 6.92 Å². The summed E-state index contributed by atoms with van der Waals surface area (Å²) in [6.45, 7) is 2.07. The van der Waals surface area contributed by atoms with E-state index in [1.807, 2.05) is 31.3 Å². The van der Waals surface area contributed by atoms with Gasteiger partial charge in [0.1, 0.15) is 0 Å². The molecule has 2 aromatic rings. The summed E-state index contributed by atoms with van der Waals surface area (Å²) in [4.78, 5) is 4.17. The van der Waals surface area contributed by atoms with E-state index in [9.17, 15) is 0 Å². The zero-order valence-electron chi connectivity index (χ0n) is 9.79. The Morgan fingerprint density at radius 1 is 1.18 bits per heavy atom. The van der Waals surface area contributed by atoms with E-state index in [0.29, 0.717) is 0 Å². The molecule has 3 nitrogen and oxygen atoms in total. The maximum Gasteiger partial charge on any atom is 0.0591 e. The second kappa shape index (κ2) is 5.19. The molecule has 0 aliphatic carbocycles. The molecule has 1 heterocycles. The second-order valence-corrected chi connectivity index (χ2v) is 4.60. The first-order valence-corrected chi connectivity index (χ1v) is 6.15. The van der Waals surface area contributed by atoms with Gasteiger partial charge in [-0.25, -0.2) is 0 Å². The van der Waals surface area contributed by atoms with Crippen LogP contribution in [0.1, 0.15) is 5.56 Å². The number of hydrogen-bond donors (Lipinski definition) is 2. The van der Waals surface area contributed by atoms with Gasteiger partial charge in [-0.3, -0.25) is 4.98 Å². The number of nitrogens with zero attached hydrogens (tertiary/aromatic N) is 1. The average Bonchev–Trinajstić information content (AvgIpc) is 2.35. The lowest BCUT2D eigenvalue weighted by Gasteiger charge is -2.11. The van der Waals surface area contributed by atoms with Gasteiger partial charge in [0.15, 0.2) is 0 Å². The molecule has 1 aromatic heterocycles. The minimum atomic E-state index is 0.970. The molecule has 88 valence electrons. The van der Waals surface area contributed by atoms with E-state index >= 15 is 0 Å². The second-order valence-electron chi connectivity index (χ2n) is 3.75. The smallest absolute Gasteiger partial charge is 0.0591 e. The number of aromatic nitrogens is 1. The summed E-state index contributed by atoms with van der Waals surface area (Å²) >= 11 is 3.52. The van der Waals surface area contributed by atoms with Crippen molar-refractivity contribution in [3.63, 3.8) is 0 Å². The monoisotopic (exact) mass is 291 g/mol. The number of rotatable bonds is 3. The number of halogens is 1. The van der Waals surface area contributed by atoms with Crippen LogP contribution in [-0.4, -0.2) is 12.0 Å². The Bertz CT molecular complexity index is 526. The molecule has 0 atom stereocenters. The Labute approximate surface area is 109 Å². The summed E-state index contributed by atoms with van der Waals surface area (Å²) in [7, 11) is 1.88. The van der Waals surface area contributed by atoms with E-state index in [0.717, 1.165) is 21.5 Å². The molecule has 4 heteroatoms. The van der Waals surface area contributed by atoms with Crippen LogP contribution in [-0.2, 0) is 0 Å². The predicted molar refractivity (Wildman–Crippen MR) is 75.9 cm³/mol. The van der Waals surface area contributed by atoms with Crippen LogP contribution in [0.25, 0.3) is 0 Å². The molecule has 1 aromatic carbocycles. The van der Waals surface area contributed by atoms with Crippen LogP contribution in [0.4, 0.5) is 17.1 Å². The number of benzene rings is 1. The molecular weight excluding hydrogens is 278 g/mol. The third kappa shape index (κ3) is 2.77. The highest BCUT2D eigenvalue weighted by Gasteiger charge is 2.02. The molecular formula is C13H14BrN3. The summed E-state index contributed by atoms with van der Waals surface area (Å²) in [5.41, 5.74) is 4.22. The first kappa shape index (κ1) is 11.9. The molecule has 0 saturated heterocycles. The van der Waals surface area contributed by atoms with Gasteiger partial charge >= 0.3 is 0 Å². The van der Waals surface area contributed by atoms with E-state index in [2.05, 4.69) is 38.5 Å². The Morgan fingerprint density at radius 2 is 1.94 bits per heavy atom. The first-order valence-electron chi connectivity index (χ1n) is 5.35. The first-order chi connectivity index (χ1) is 8.20. The molecule has 0 aliphatic rings. The fourth-order valence-corrected chi connectivity index (χ4v) is 1.91. The fourth-order valence-electron chi connectivity index (χ4n) is 1.54. The van der Waals surface area contributed by atoms with Gasteiger partial charge in [0.2, 0.25) is 0 Å². The quantitative estimate of drug-likeness (QED) is 0.899. The van der Waals surface area contributed by atoms with Crippen LogP contribution in [0.5, 0.6) is 0 Å². The molecule has 17 heavy (non-hydrogen) atoms. The van der Waals surface area contributed by atoms with Crippen molar-refractivity contribution in [1.29, 1.82) is 0 Å². The Balaban J connectivity index is 2.28. The molecule has 0 unspecified atom stereocenters. The van der Waals surface area contributed by atoms with Crippen molar-refractivity contribution in [1.82, 2.24) is 4.98 Å². The topological polar surface area (TPSA) is 37.0 Å². The van der Waals surface area contributed by atoms with Gasteiger partial charge < -0.3 is 10.6 Å². The lowest BCUT2D eigenvalue weighted by atomic mass is 10.2. The van der Waals surface area contributed by atoms with Gasteiger partial charge in [0.05, 0.1) is 23.8 Å². The van der Waals surface area contributed by atoms with Gasteiger partial charge in [-0.05, 0) is 30.7 Å². The van der Waals surface area contributed by atoms with Crippen LogP contribution in [0.15, 0.2) is 41.1 Å². The fraction of sp³-hybridized carbons (Fsp3) is 0.154. The number of nitrogens with one attached hydrogen (secondary N) is 2. The maximum atomic E-state index is 4.17. The van der Waals surface area contributed by atoms with Gasteiger partial charge in [0, 0.05) is 17.2 Å². The third-order valence-corrected chi connectivity index (χ3v) is 3.43. The lowest BCUT2D eigenvalue weighted by molar-refractivity contribution is 1.30. The molecule has 0 fully saturated rings. The molecule has 0 saturated carbocycles. The van der Waals surface area contributed by atoms with E-state index in [-0.39, 0.29) is 0 Å². The van der Waals surface area contributed by atoms with Crippen molar-refractivity contribution in [3.8, 4) is 0 Å². The molecule has 0 radical (unpaired) electrons. The summed E-state index contributed by atoms with van der Waals surface area (Å²) in [5.74, 6) is 0. The van der Waals surface area contributed by atoms with Crippen molar-refractivity contribution >= 4 is 33.0 Å². The van der Waals surface area contributed by atoms with Crippen LogP contribution >= 0.6 is 15.9 Å². The highest BCUT2D eigenvalue weighted by molar-refractivity contribution is 9.10. The Hall–Kier alpha value is -1.55. The van der Waals surface area contributed by atoms with E-state index in [4.69, 9.17) is 0 Å². The van der Waals surface area contributed by atoms with Crippen molar-refractivity contribution in [2.75, 3.05) is 17.7 Å².